The highest BCUT2D eigenvalue weighted by atomic mass is 16.3. The number of carbonyl (C=O) groups is 1. The van der Waals surface area contributed by atoms with Gasteiger partial charge in [0.25, 0.3) is 5.91 Å². The third-order valence-electron chi connectivity index (χ3n) is 3.79. The largest absolute Gasteiger partial charge is 0.467 e. The van der Waals surface area contributed by atoms with Crippen LogP contribution >= 0.6 is 0 Å². The normalized spacial score (nSPS) is 10.4. The highest BCUT2D eigenvalue weighted by Gasteiger charge is 2.08. The molecule has 1 aromatic carbocycles. The van der Waals surface area contributed by atoms with Crippen molar-refractivity contribution in [2.45, 2.75) is 20.4 Å². The van der Waals surface area contributed by atoms with Gasteiger partial charge in [0.1, 0.15) is 11.5 Å². The van der Waals surface area contributed by atoms with Crippen LogP contribution in [0, 0.1) is 13.8 Å². The zero-order valence-corrected chi connectivity index (χ0v) is 13.7. The van der Waals surface area contributed by atoms with Crippen molar-refractivity contribution in [3.05, 3.63) is 77.5 Å². The summed E-state index contributed by atoms with van der Waals surface area (Å²) in [7, 11) is 0. The first-order valence-electron chi connectivity index (χ1n) is 7.73. The van der Waals surface area contributed by atoms with Crippen LogP contribution in [-0.4, -0.2) is 10.9 Å². The van der Waals surface area contributed by atoms with E-state index in [1.807, 2.05) is 18.2 Å². The summed E-state index contributed by atoms with van der Waals surface area (Å²) < 4.78 is 5.18. The molecule has 2 heterocycles. The van der Waals surface area contributed by atoms with Gasteiger partial charge in [-0.25, -0.2) is 4.98 Å². The Morgan fingerprint density at radius 3 is 2.58 bits per heavy atom. The lowest BCUT2D eigenvalue weighted by molar-refractivity contribution is 0.0943. The van der Waals surface area contributed by atoms with Crippen LogP contribution in [0.25, 0.3) is 0 Å². The Hall–Kier alpha value is -3.08. The summed E-state index contributed by atoms with van der Waals surface area (Å²) in [6, 6.07) is 13.3. The van der Waals surface area contributed by atoms with Gasteiger partial charge in [0, 0.05) is 5.69 Å². The molecule has 0 saturated heterocycles. The zero-order valence-electron chi connectivity index (χ0n) is 13.7. The van der Waals surface area contributed by atoms with Crippen LogP contribution in [0.3, 0.4) is 0 Å². The van der Waals surface area contributed by atoms with E-state index >= 15 is 0 Å². The number of benzene rings is 1. The van der Waals surface area contributed by atoms with E-state index in [1.54, 1.807) is 24.6 Å². The van der Waals surface area contributed by atoms with Crippen LogP contribution in [0.2, 0.25) is 0 Å². The molecule has 0 atom stereocenters. The molecule has 1 amide bonds. The maximum Gasteiger partial charge on any atom is 0.270 e. The van der Waals surface area contributed by atoms with Crippen molar-refractivity contribution >= 4 is 17.3 Å². The molecule has 0 saturated carbocycles. The van der Waals surface area contributed by atoms with E-state index in [0.717, 1.165) is 11.4 Å². The van der Waals surface area contributed by atoms with E-state index in [2.05, 4.69) is 41.6 Å². The summed E-state index contributed by atoms with van der Waals surface area (Å²) >= 11 is 0. The molecule has 0 unspecified atom stereocenters. The topological polar surface area (TPSA) is 67.2 Å². The molecule has 2 aromatic heterocycles. The molecular formula is C19H19N3O2. The third kappa shape index (κ3) is 3.81. The summed E-state index contributed by atoms with van der Waals surface area (Å²) in [5.74, 6) is 0.473. The predicted octanol–water partition coefficient (Wildman–Crippen LogP) is 3.97. The summed E-state index contributed by atoms with van der Waals surface area (Å²) in [6.45, 7) is 4.50. The Morgan fingerprint density at radius 1 is 1.08 bits per heavy atom. The second kappa shape index (κ2) is 7.00. The molecule has 0 spiro atoms. The van der Waals surface area contributed by atoms with Crippen molar-refractivity contribution in [3.63, 3.8) is 0 Å². The number of carbonyl (C=O) groups excluding carboxylic acids is 1. The van der Waals surface area contributed by atoms with Crippen molar-refractivity contribution < 1.29 is 9.21 Å². The lowest BCUT2D eigenvalue weighted by atomic mass is 10.1. The summed E-state index contributed by atoms with van der Waals surface area (Å²) in [6.07, 6.45) is 3.23. The van der Waals surface area contributed by atoms with Gasteiger partial charge in [0.2, 0.25) is 0 Å². The maximum atomic E-state index is 12.1. The van der Waals surface area contributed by atoms with E-state index < -0.39 is 0 Å². The minimum atomic E-state index is -0.232. The van der Waals surface area contributed by atoms with Crippen LogP contribution in [-0.2, 0) is 6.54 Å². The Morgan fingerprint density at radius 2 is 1.92 bits per heavy atom. The average molecular weight is 321 g/mol. The monoisotopic (exact) mass is 321 g/mol. The lowest BCUT2D eigenvalue weighted by Gasteiger charge is -2.09. The van der Waals surface area contributed by atoms with E-state index in [-0.39, 0.29) is 5.91 Å². The summed E-state index contributed by atoms with van der Waals surface area (Å²) in [4.78, 5) is 16.3. The van der Waals surface area contributed by atoms with Crippen molar-refractivity contribution in [3.8, 4) is 0 Å². The molecule has 0 bridgehead atoms. The van der Waals surface area contributed by atoms with Crippen molar-refractivity contribution in [1.82, 2.24) is 10.3 Å². The molecule has 0 fully saturated rings. The van der Waals surface area contributed by atoms with E-state index in [1.165, 1.54) is 11.1 Å². The number of aryl methyl sites for hydroxylation is 2. The molecule has 5 nitrogen and oxygen atoms in total. The van der Waals surface area contributed by atoms with E-state index in [4.69, 9.17) is 4.42 Å². The summed E-state index contributed by atoms with van der Waals surface area (Å²) in [5.41, 5.74) is 4.67. The van der Waals surface area contributed by atoms with Gasteiger partial charge in [-0.2, -0.15) is 0 Å². The molecule has 5 heteroatoms. The van der Waals surface area contributed by atoms with Crippen LogP contribution in [0.15, 0.2) is 59.3 Å². The minimum Gasteiger partial charge on any atom is -0.467 e. The van der Waals surface area contributed by atoms with Gasteiger partial charge in [0.05, 0.1) is 24.7 Å². The van der Waals surface area contributed by atoms with Gasteiger partial charge in [-0.3, -0.25) is 4.79 Å². The number of anilines is 2. The molecule has 0 aliphatic rings. The molecule has 3 aromatic rings. The summed E-state index contributed by atoms with van der Waals surface area (Å²) in [5, 5.41) is 6.05. The Kier molecular flexibility index (Phi) is 4.61. The molecule has 0 radical (unpaired) electrons. The fourth-order valence-corrected chi connectivity index (χ4v) is 2.26. The fourth-order valence-electron chi connectivity index (χ4n) is 2.26. The van der Waals surface area contributed by atoms with Crippen LogP contribution in [0.1, 0.15) is 27.4 Å². The number of pyridine rings is 1. The average Bonchev–Trinajstić information content (AvgIpc) is 3.10. The highest BCUT2D eigenvalue weighted by Crippen LogP contribution is 2.19. The number of rotatable bonds is 5. The smallest absolute Gasteiger partial charge is 0.270 e. The Balaban J connectivity index is 1.62. The van der Waals surface area contributed by atoms with Gasteiger partial charge in [0.15, 0.2) is 0 Å². The van der Waals surface area contributed by atoms with Crippen molar-refractivity contribution in [2.75, 3.05) is 5.32 Å². The first-order chi connectivity index (χ1) is 11.6. The molecule has 24 heavy (non-hydrogen) atoms. The third-order valence-corrected chi connectivity index (χ3v) is 3.79. The molecule has 2 N–H and O–H groups in total. The molecule has 0 aliphatic carbocycles. The number of nitrogens with one attached hydrogen (secondary N) is 2. The highest BCUT2D eigenvalue weighted by molar-refractivity contribution is 5.92. The molecule has 122 valence electrons. The number of furan rings is 1. The maximum absolute atomic E-state index is 12.1. The number of hydrogen-bond acceptors (Lipinski definition) is 4. The standard InChI is InChI=1S/C19H19N3O2/c1-13-5-6-15(10-14(13)2)22-16-7-8-18(20-11-16)19(23)21-12-17-4-3-9-24-17/h3-11,22H,12H2,1-2H3,(H,21,23). The molecule has 3 rings (SSSR count). The van der Waals surface area contributed by atoms with Gasteiger partial charge >= 0.3 is 0 Å². The molecular weight excluding hydrogens is 302 g/mol. The lowest BCUT2D eigenvalue weighted by Crippen LogP contribution is -2.23. The number of nitrogens with zero attached hydrogens (tertiary/aromatic N) is 1. The Bertz CT molecular complexity index is 824. The van der Waals surface area contributed by atoms with Crippen LogP contribution in [0.5, 0.6) is 0 Å². The first kappa shape index (κ1) is 15.8. The molecule has 0 aliphatic heterocycles. The van der Waals surface area contributed by atoms with Crippen molar-refractivity contribution in [2.24, 2.45) is 0 Å². The number of aromatic nitrogens is 1. The second-order valence-corrected chi connectivity index (χ2v) is 5.62. The van der Waals surface area contributed by atoms with E-state index in [0.29, 0.717) is 18.0 Å². The van der Waals surface area contributed by atoms with Gasteiger partial charge < -0.3 is 15.1 Å². The number of amides is 1. The Labute approximate surface area is 140 Å². The quantitative estimate of drug-likeness (QED) is 0.746. The van der Waals surface area contributed by atoms with Gasteiger partial charge in [-0.15, -0.1) is 0 Å². The predicted molar refractivity (Wildman–Crippen MR) is 93.3 cm³/mol. The van der Waals surface area contributed by atoms with Gasteiger partial charge in [-0.05, 0) is 61.4 Å². The van der Waals surface area contributed by atoms with E-state index in [9.17, 15) is 4.79 Å². The second-order valence-electron chi connectivity index (χ2n) is 5.62. The van der Waals surface area contributed by atoms with Crippen molar-refractivity contribution in [1.29, 1.82) is 0 Å². The first-order valence-corrected chi connectivity index (χ1v) is 7.73. The fraction of sp³-hybridized carbons (Fsp3) is 0.158. The zero-order chi connectivity index (χ0) is 16.9. The van der Waals surface area contributed by atoms with Gasteiger partial charge in [-0.1, -0.05) is 6.07 Å². The van der Waals surface area contributed by atoms with Crippen LogP contribution in [0.4, 0.5) is 11.4 Å². The SMILES string of the molecule is Cc1ccc(Nc2ccc(C(=O)NCc3ccco3)nc2)cc1C. The minimum absolute atomic E-state index is 0.232. The van der Waals surface area contributed by atoms with Crippen LogP contribution < -0.4 is 10.6 Å². The number of hydrogen-bond donors (Lipinski definition) is 2.